The van der Waals surface area contributed by atoms with Gasteiger partial charge >= 0.3 is 0 Å². The van der Waals surface area contributed by atoms with E-state index in [2.05, 4.69) is 21.2 Å². The summed E-state index contributed by atoms with van der Waals surface area (Å²) in [6.45, 7) is 1.04. The van der Waals surface area contributed by atoms with Gasteiger partial charge in [-0.05, 0) is 61.2 Å². The predicted molar refractivity (Wildman–Crippen MR) is 112 cm³/mol. The molecule has 3 rings (SSSR count). The first-order valence-corrected chi connectivity index (χ1v) is 11.5. The van der Waals surface area contributed by atoms with Crippen molar-refractivity contribution in [1.82, 2.24) is 4.31 Å². The normalized spacial score (nSPS) is 14.7. The fraction of sp³-hybridized carbons (Fsp3) is 0.350. The van der Waals surface area contributed by atoms with Crippen LogP contribution in [0, 0.1) is 5.82 Å². The van der Waals surface area contributed by atoms with E-state index in [1.54, 1.807) is 18.2 Å². The van der Waals surface area contributed by atoms with Crippen molar-refractivity contribution in [1.29, 1.82) is 0 Å². The van der Waals surface area contributed by atoms with Crippen LogP contribution in [0.25, 0.3) is 0 Å². The van der Waals surface area contributed by atoms with E-state index in [4.69, 9.17) is 4.74 Å². The number of sulfonamides is 1. The van der Waals surface area contributed by atoms with Crippen molar-refractivity contribution in [3.8, 4) is 5.75 Å². The van der Waals surface area contributed by atoms with Crippen LogP contribution in [0.3, 0.4) is 0 Å². The van der Waals surface area contributed by atoms with Gasteiger partial charge in [0.25, 0.3) is 0 Å². The molecule has 0 unspecified atom stereocenters. The molecule has 2 aromatic carbocycles. The van der Waals surface area contributed by atoms with Crippen LogP contribution >= 0.6 is 15.9 Å². The second-order valence-electron chi connectivity index (χ2n) is 6.76. The second kappa shape index (κ2) is 9.23. The Morgan fingerprint density at radius 3 is 2.59 bits per heavy atom. The van der Waals surface area contributed by atoms with Crippen molar-refractivity contribution in [2.75, 3.05) is 25.5 Å². The number of hydrogen-bond acceptors (Lipinski definition) is 4. The fourth-order valence-electron chi connectivity index (χ4n) is 3.24. The van der Waals surface area contributed by atoms with Crippen LogP contribution in [0.4, 0.5) is 10.1 Å². The van der Waals surface area contributed by atoms with Gasteiger partial charge in [-0.1, -0.05) is 15.9 Å². The molecule has 0 atom stereocenters. The zero-order chi connectivity index (χ0) is 21.0. The summed E-state index contributed by atoms with van der Waals surface area (Å²) < 4.78 is 46.8. The molecule has 0 radical (unpaired) electrons. The number of ether oxygens (including phenoxy) is 1. The smallest absolute Gasteiger partial charge is 0.243 e. The Morgan fingerprint density at radius 1 is 1.21 bits per heavy atom. The van der Waals surface area contributed by atoms with E-state index in [-0.39, 0.29) is 29.3 Å². The van der Waals surface area contributed by atoms with E-state index < -0.39 is 15.8 Å². The van der Waals surface area contributed by atoms with Crippen LogP contribution in [-0.2, 0) is 21.2 Å². The van der Waals surface area contributed by atoms with Crippen LogP contribution < -0.4 is 10.1 Å². The molecule has 6 nitrogen and oxygen atoms in total. The Balaban J connectivity index is 1.73. The molecule has 1 fully saturated rings. The summed E-state index contributed by atoms with van der Waals surface area (Å²) >= 11 is 3.17. The van der Waals surface area contributed by atoms with E-state index in [9.17, 15) is 17.6 Å². The number of hydrogen-bond donors (Lipinski definition) is 1. The number of nitrogens with one attached hydrogen (secondary N) is 1. The Kier molecular flexibility index (Phi) is 6.92. The maximum atomic E-state index is 13.9. The lowest BCUT2D eigenvalue weighted by atomic mass is 10.1. The third kappa shape index (κ3) is 5.15. The summed E-state index contributed by atoms with van der Waals surface area (Å²) in [7, 11) is -2.07. The number of halogens is 2. The van der Waals surface area contributed by atoms with Crippen molar-refractivity contribution in [2.24, 2.45) is 0 Å². The lowest BCUT2D eigenvalue weighted by Crippen LogP contribution is -2.28. The molecular weight excluding hydrogens is 463 g/mol. The summed E-state index contributed by atoms with van der Waals surface area (Å²) in [6.07, 6.45) is 2.03. The minimum absolute atomic E-state index is 0.0546. The second-order valence-corrected chi connectivity index (χ2v) is 9.61. The molecule has 0 spiro atoms. The topological polar surface area (TPSA) is 75.7 Å². The van der Waals surface area contributed by atoms with E-state index in [0.717, 1.165) is 12.8 Å². The molecule has 0 aromatic heterocycles. The van der Waals surface area contributed by atoms with Crippen LogP contribution in [0.5, 0.6) is 5.75 Å². The minimum Gasteiger partial charge on any atom is -0.496 e. The van der Waals surface area contributed by atoms with Crippen molar-refractivity contribution in [2.45, 2.75) is 30.6 Å². The zero-order valence-electron chi connectivity index (χ0n) is 16.0. The predicted octanol–water partition coefficient (Wildman–Crippen LogP) is 3.95. The summed E-state index contributed by atoms with van der Waals surface area (Å²) in [6, 6.07) is 9.05. The van der Waals surface area contributed by atoms with Gasteiger partial charge in [-0.3, -0.25) is 4.79 Å². The van der Waals surface area contributed by atoms with Crippen molar-refractivity contribution in [3.63, 3.8) is 0 Å². The summed E-state index contributed by atoms with van der Waals surface area (Å²) in [4.78, 5) is 12.4. The number of benzene rings is 2. The number of nitrogens with zero attached hydrogens (tertiary/aromatic N) is 1. The first-order chi connectivity index (χ1) is 13.8. The van der Waals surface area contributed by atoms with Crippen molar-refractivity contribution < 1.29 is 22.3 Å². The van der Waals surface area contributed by atoms with Crippen molar-refractivity contribution >= 4 is 37.5 Å². The van der Waals surface area contributed by atoms with Crippen LogP contribution in [0.2, 0.25) is 0 Å². The van der Waals surface area contributed by atoms with Crippen LogP contribution in [0.1, 0.15) is 24.8 Å². The Labute approximate surface area is 178 Å². The monoisotopic (exact) mass is 484 g/mol. The maximum Gasteiger partial charge on any atom is 0.243 e. The minimum atomic E-state index is -3.56. The summed E-state index contributed by atoms with van der Waals surface area (Å²) in [5.74, 6) is -0.405. The highest BCUT2D eigenvalue weighted by atomic mass is 79.9. The number of carbonyl (C=O) groups is 1. The summed E-state index contributed by atoms with van der Waals surface area (Å²) in [5.41, 5.74) is 0.703. The van der Waals surface area contributed by atoms with Gasteiger partial charge in [0.1, 0.15) is 11.6 Å². The molecule has 0 aliphatic carbocycles. The largest absolute Gasteiger partial charge is 0.496 e. The van der Waals surface area contributed by atoms with E-state index in [0.29, 0.717) is 28.9 Å². The van der Waals surface area contributed by atoms with Gasteiger partial charge < -0.3 is 10.1 Å². The molecule has 1 amide bonds. The Morgan fingerprint density at radius 2 is 1.93 bits per heavy atom. The number of carbonyl (C=O) groups excluding carboxylic acids is 1. The number of rotatable bonds is 7. The molecule has 9 heteroatoms. The summed E-state index contributed by atoms with van der Waals surface area (Å²) in [5, 5.41) is 2.53. The Bertz CT molecular complexity index is 1010. The van der Waals surface area contributed by atoms with E-state index >= 15 is 0 Å². The SMILES string of the molecule is COc1ccc(S(=O)(=O)N2CCCC2)cc1CCC(=O)Nc1ccc(Br)cc1F. The molecule has 1 aliphatic heterocycles. The molecule has 1 heterocycles. The number of anilines is 1. The van der Waals surface area contributed by atoms with E-state index in [1.807, 2.05) is 0 Å². The Hall–Kier alpha value is -1.97. The molecule has 1 saturated heterocycles. The van der Waals surface area contributed by atoms with Gasteiger partial charge in [-0.25, -0.2) is 12.8 Å². The molecular formula is C20H22BrFN2O4S. The zero-order valence-corrected chi connectivity index (χ0v) is 18.4. The lowest BCUT2D eigenvalue weighted by Gasteiger charge is -2.17. The third-order valence-corrected chi connectivity index (χ3v) is 7.17. The fourth-order valence-corrected chi connectivity index (χ4v) is 5.14. The van der Waals surface area contributed by atoms with Crippen LogP contribution in [0.15, 0.2) is 45.8 Å². The average Bonchev–Trinajstić information content (AvgIpc) is 3.24. The molecule has 1 N–H and O–H groups in total. The first kappa shape index (κ1) is 21.7. The molecule has 29 heavy (non-hydrogen) atoms. The van der Waals surface area contributed by atoms with Gasteiger partial charge in [0, 0.05) is 24.0 Å². The van der Waals surface area contributed by atoms with Gasteiger partial charge in [-0.2, -0.15) is 4.31 Å². The van der Waals surface area contributed by atoms with Gasteiger partial charge in [0.05, 0.1) is 17.7 Å². The third-order valence-electron chi connectivity index (χ3n) is 4.78. The highest BCUT2D eigenvalue weighted by Gasteiger charge is 2.27. The molecule has 2 aromatic rings. The van der Waals surface area contributed by atoms with Gasteiger partial charge in [-0.15, -0.1) is 0 Å². The highest BCUT2D eigenvalue weighted by molar-refractivity contribution is 9.10. The number of methoxy groups -OCH3 is 1. The molecule has 156 valence electrons. The standard InChI is InChI=1S/C20H22BrFN2O4S/c1-28-19-8-6-16(29(26,27)24-10-2-3-11-24)12-14(19)4-9-20(25)23-18-7-5-15(21)13-17(18)22/h5-8,12-13H,2-4,9-11H2,1H3,(H,23,25). The molecule has 1 aliphatic rings. The van der Waals surface area contributed by atoms with Gasteiger partial charge in [0.15, 0.2) is 0 Å². The highest BCUT2D eigenvalue weighted by Crippen LogP contribution is 2.27. The molecule has 0 bridgehead atoms. The quantitative estimate of drug-likeness (QED) is 0.645. The van der Waals surface area contributed by atoms with Crippen LogP contribution in [-0.4, -0.2) is 38.8 Å². The lowest BCUT2D eigenvalue weighted by molar-refractivity contribution is -0.116. The average molecular weight is 485 g/mol. The molecule has 0 saturated carbocycles. The maximum absolute atomic E-state index is 13.9. The first-order valence-electron chi connectivity index (χ1n) is 9.23. The van der Waals surface area contributed by atoms with E-state index in [1.165, 1.54) is 29.6 Å². The number of aryl methyl sites for hydroxylation is 1. The number of amides is 1. The van der Waals surface area contributed by atoms with Gasteiger partial charge in [0.2, 0.25) is 15.9 Å². The van der Waals surface area contributed by atoms with Crippen molar-refractivity contribution in [3.05, 3.63) is 52.3 Å².